The molecule has 1 heterocycles. The van der Waals surface area contributed by atoms with E-state index in [1.807, 2.05) is 55.5 Å². The average molecular weight is 333 g/mol. The summed E-state index contributed by atoms with van der Waals surface area (Å²) in [5.41, 5.74) is 3.69. The van der Waals surface area contributed by atoms with Gasteiger partial charge in [-0.1, -0.05) is 36.4 Å². The van der Waals surface area contributed by atoms with Crippen molar-refractivity contribution in [2.75, 3.05) is 6.61 Å². The molecule has 126 valence electrons. The van der Waals surface area contributed by atoms with Gasteiger partial charge in [0.25, 0.3) is 0 Å². The largest absolute Gasteiger partial charge is 0.466 e. The average Bonchev–Trinajstić information content (AvgIpc) is 3.29. The number of esters is 1. The molecular formula is C21H19NO3. The number of allylic oxidation sites excluding steroid dienone is 1. The maximum absolute atomic E-state index is 11.6. The normalized spacial score (nSPS) is 19.4. The number of oxazole rings is 1. The molecule has 4 heteroatoms. The lowest BCUT2D eigenvalue weighted by molar-refractivity contribution is -0.144. The van der Waals surface area contributed by atoms with Gasteiger partial charge in [0.05, 0.1) is 12.5 Å². The van der Waals surface area contributed by atoms with E-state index in [1.165, 1.54) is 0 Å². The van der Waals surface area contributed by atoms with Crippen LogP contribution in [-0.2, 0) is 9.53 Å². The number of carbonyl (C=O) groups excluding carboxylic acids is 1. The van der Waals surface area contributed by atoms with Gasteiger partial charge in [-0.25, -0.2) is 4.98 Å². The van der Waals surface area contributed by atoms with Crippen molar-refractivity contribution in [3.63, 3.8) is 0 Å². The molecule has 1 aliphatic rings. The number of rotatable bonds is 5. The summed E-state index contributed by atoms with van der Waals surface area (Å²) in [5.74, 6) is 0.885. The van der Waals surface area contributed by atoms with Crippen LogP contribution < -0.4 is 0 Å². The second-order valence-electron chi connectivity index (χ2n) is 6.23. The number of fused-ring (bicyclic) bond motifs is 1. The standard InChI is InChI=1S/C21H19NO3/c1-2-24-21(23)17-13-16(17)12-9-14-7-10-15(11-8-14)20-22-18-5-3-4-6-19(18)25-20/h3-12,16-17H,2,13H2,1H3. The van der Waals surface area contributed by atoms with Crippen LogP contribution in [0.25, 0.3) is 28.6 Å². The summed E-state index contributed by atoms with van der Waals surface area (Å²) in [6.45, 7) is 2.28. The Morgan fingerprint density at radius 1 is 1.24 bits per heavy atom. The third-order valence-electron chi connectivity index (χ3n) is 4.42. The minimum atomic E-state index is -0.0801. The first-order valence-electron chi connectivity index (χ1n) is 8.55. The van der Waals surface area contributed by atoms with Crippen LogP contribution in [0.3, 0.4) is 0 Å². The van der Waals surface area contributed by atoms with Crippen molar-refractivity contribution in [2.45, 2.75) is 13.3 Å². The summed E-state index contributed by atoms with van der Waals surface area (Å²) in [4.78, 5) is 16.1. The summed E-state index contributed by atoms with van der Waals surface area (Å²) < 4.78 is 10.8. The van der Waals surface area contributed by atoms with E-state index >= 15 is 0 Å². The van der Waals surface area contributed by atoms with Crippen molar-refractivity contribution in [2.24, 2.45) is 11.8 Å². The zero-order valence-electron chi connectivity index (χ0n) is 14.0. The van der Waals surface area contributed by atoms with Gasteiger partial charge in [0.15, 0.2) is 5.58 Å². The second kappa shape index (κ2) is 6.55. The number of para-hydroxylation sites is 2. The first kappa shape index (κ1) is 15.6. The Labute approximate surface area is 146 Å². The Morgan fingerprint density at radius 2 is 2.04 bits per heavy atom. The van der Waals surface area contributed by atoms with E-state index in [-0.39, 0.29) is 11.9 Å². The van der Waals surface area contributed by atoms with Gasteiger partial charge in [0, 0.05) is 5.56 Å². The molecule has 1 saturated carbocycles. The molecule has 1 aromatic heterocycles. The van der Waals surface area contributed by atoms with Gasteiger partial charge in [0.1, 0.15) is 5.52 Å². The lowest BCUT2D eigenvalue weighted by Gasteiger charge is -1.99. The van der Waals surface area contributed by atoms with E-state index in [2.05, 4.69) is 17.1 Å². The van der Waals surface area contributed by atoms with Gasteiger partial charge in [0.2, 0.25) is 5.89 Å². The second-order valence-corrected chi connectivity index (χ2v) is 6.23. The van der Waals surface area contributed by atoms with E-state index in [9.17, 15) is 4.79 Å². The molecule has 25 heavy (non-hydrogen) atoms. The van der Waals surface area contributed by atoms with Gasteiger partial charge in [-0.05, 0) is 49.1 Å². The van der Waals surface area contributed by atoms with Gasteiger partial charge in [-0.2, -0.15) is 0 Å². The van der Waals surface area contributed by atoms with Crippen LogP contribution in [0.2, 0.25) is 0 Å². The number of hydrogen-bond donors (Lipinski definition) is 0. The Morgan fingerprint density at radius 3 is 2.80 bits per heavy atom. The number of aromatic nitrogens is 1. The number of hydrogen-bond acceptors (Lipinski definition) is 4. The molecule has 0 bridgehead atoms. The predicted octanol–water partition coefficient (Wildman–Crippen LogP) is 4.71. The summed E-state index contributed by atoms with van der Waals surface area (Å²) >= 11 is 0. The van der Waals surface area contributed by atoms with Crippen molar-refractivity contribution in [1.29, 1.82) is 0 Å². The maximum Gasteiger partial charge on any atom is 0.309 e. The Balaban J connectivity index is 1.44. The van der Waals surface area contributed by atoms with E-state index in [0.29, 0.717) is 18.4 Å². The lowest BCUT2D eigenvalue weighted by atomic mass is 10.1. The number of carbonyl (C=O) groups is 1. The summed E-state index contributed by atoms with van der Waals surface area (Å²) in [5, 5.41) is 0. The van der Waals surface area contributed by atoms with Crippen LogP contribution in [0.15, 0.2) is 59.0 Å². The third kappa shape index (κ3) is 3.33. The van der Waals surface area contributed by atoms with Crippen molar-refractivity contribution in [3.05, 3.63) is 60.2 Å². The molecule has 2 aromatic carbocycles. The van der Waals surface area contributed by atoms with Crippen LogP contribution in [-0.4, -0.2) is 17.6 Å². The van der Waals surface area contributed by atoms with Crippen LogP contribution in [0.5, 0.6) is 0 Å². The molecule has 4 rings (SSSR count). The fourth-order valence-corrected chi connectivity index (χ4v) is 2.91. The van der Waals surface area contributed by atoms with Crippen molar-refractivity contribution < 1.29 is 13.9 Å². The highest BCUT2D eigenvalue weighted by molar-refractivity contribution is 5.77. The SMILES string of the molecule is CCOC(=O)C1CC1C=Cc1ccc(-c2nc3ccccc3o2)cc1. The summed E-state index contributed by atoms with van der Waals surface area (Å²) in [6.07, 6.45) is 5.03. The Hall–Kier alpha value is -2.88. The molecule has 1 aliphatic carbocycles. The monoisotopic (exact) mass is 333 g/mol. The van der Waals surface area contributed by atoms with Crippen molar-refractivity contribution in [3.8, 4) is 11.5 Å². The highest BCUT2D eigenvalue weighted by Gasteiger charge is 2.42. The first-order valence-corrected chi connectivity index (χ1v) is 8.55. The van der Waals surface area contributed by atoms with E-state index in [4.69, 9.17) is 9.15 Å². The minimum Gasteiger partial charge on any atom is -0.466 e. The topological polar surface area (TPSA) is 52.3 Å². The van der Waals surface area contributed by atoms with Crippen LogP contribution >= 0.6 is 0 Å². The lowest BCUT2D eigenvalue weighted by Crippen LogP contribution is -2.06. The maximum atomic E-state index is 11.6. The van der Waals surface area contributed by atoms with Crippen molar-refractivity contribution in [1.82, 2.24) is 4.98 Å². The fourth-order valence-electron chi connectivity index (χ4n) is 2.91. The smallest absolute Gasteiger partial charge is 0.309 e. The molecule has 0 radical (unpaired) electrons. The van der Waals surface area contributed by atoms with E-state index < -0.39 is 0 Å². The highest BCUT2D eigenvalue weighted by Crippen LogP contribution is 2.41. The highest BCUT2D eigenvalue weighted by atomic mass is 16.5. The Bertz CT molecular complexity index is 891. The summed E-state index contributed by atoms with van der Waals surface area (Å²) in [7, 11) is 0. The number of ether oxygens (including phenoxy) is 1. The molecule has 4 nitrogen and oxygen atoms in total. The van der Waals surface area contributed by atoms with Gasteiger partial charge in [-0.15, -0.1) is 0 Å². The van der Waals surface area contributed by atoms with Gasteiger partial charge in [-0.3, -0.25) is 4.79 Å². The minimum absolute atomic E-state index is 0.0372. The number of benzene rings is 2. The zero-order chi connectivity index (χ0) is 17.2. The molecule has 0 N–H and O–H groups in total. The first-order chi connectivity index (χ1) is 12.2. The molecule has 0 saturated heterocycles. The predicted molar refractivity (Wildman–Crippen MR) is 96.7 cm³/mol. The van der Waals surface area contributed by atoms with Crippen molar-refractivity contribution >= 4 is 23.1 Å². The molecule has 0 aliphatic heterocycles. The zero-order valence-corrected chi connectivity index (χ0v) is 14.0. The van der Waals surface area contributed by atoms with Gasteiger partial charge >= 0.3 is 5.97 Å². The molecule has 1 fully saturated rings. The van der Waals surface area contributed by atoms with Crippen LogP contribution in [0.4, 0.5) is 0 Å². The van der Waals surface area contributed by atoms with E-state index in [0.717, 1.165) is 28.6 Å². The fraction of sp³-hybridized carbons (Fsp3) is 0.238. The summed E-state index contributed by atoms with van der Waals surface area (Å²) in [6, 6.07) is 15.8. The van der Waals surface area contributed by atoms with Gasteiger partial charge < -0.3 is 9.15 Å². The molecule has 2 atom stereocenters. The quantitative estimate of drug-likeness (QED) is 0.635. The van der Waals surface area contributed by atoms with Crippen LogP contribution in [0, 0.1) is 11.8 Å². The number of nitrogens with zero attached hydrogens (tertiary/aromatic N) is 1. The van der Waals surface area contributed by atoms with Crippen LogP contribution in [0.1, 0.15) is 18.9 Å². The third-order valence-corrected chi connectivity index (χ3v) is 4.42. The Kier molecular flexibility index (Phi) is 4.10. The molecule has 0 spiro atoms. The van der Waals surface area contributed by atoms with E-state index in [1.54, 1.807) is 0 Å². The molecule has 2 unspecified atom stereocenters. The molecular weight excluding hydrogens is 314 g/mol. The molecule has 3 aromatic rings. The molecule has 0 amide bonds.